The lowest BCUT2D eigenvalue weighted by atomic mass is 10.1. The fourth-order valence-electron chi connectivity index (χ4n) is 2.91. The summed E-state index contributed by atoms with van der Waals surface area (Å²) in [5, 5.41) is 18.4. The third-order valence-corrected chi connectivity index (χ3v) is 4.64. The fourth-order valence-corrected chi connectivity index (χ4v) is 2.91. The van der Waals surface area contributed by atoms with Gasteiger partial charge in [-0.05, 0) is 24.5 Å². The molecule has 0 aliphatic heterocycles. The van der Waals surface area contributed by atoms with E-state index in [2.05, 4.69) is 0 Å². The van der Waals surface area contributed by atoms with Crippen molar-refractivity contribution in [3.05, 3.63) is 71.8 Å². The van der Waals surface area contributed by atoms with E-state index in [1.807, 2.05) is 36.4 Å². The van der Waals surface area contributed by atoms with Crippen molar-refractivity contribution in [3.63, 3.8) is 0 Å². The molecule has 0 fully saturated rings. The highest BCUT2D eigenvalue weighted by atomic mass is 16.8. The number of carbonyl (C=O) groups is 3. The number of guanidine groups is 1. The maximum atomic E-state index is 12.4. The number of hydrogen-bond acceptors (Lipinski definition) is 6. The number of hydroxylamine groups is 2. The van der Waals surface area contributed by atoms with Crippen molar-refractivity contribution in [1.82, 2.24) is 9.96 Å². The molecule has 2 N–H and O–H groups in total. The van der Waals surface area contributed by atoms with Crippen LogP contribution in [0.1, 0.15) is 24.5 Å². The lowest BCUT2D eigenvalue weighted by Gasteiger charge is -2.31. The molecule has 1 unspecified atom stereocenters. The highest BCUT2D eigenvalue weighted by Crippen LogP contribution is 2.13. The maximum absolute atomic E-state index is 12.4. The molecule has 0 aliphatic carbocycles. The van der Waals surface area contributed by atoms with Crippen LogP contribution in [0.3, 0.4) is 0 Å². The van der Waals surface area contributed by atoms with Gasteiger partial charge in [0.1, 0.15) is 6.04 Å². The van der Waals surface area contributed by atoms with E-state index >= 15 is 0 Å². The second-order valence-corrected chi connectivity index (χ2v) is 6.92. The predicted octanol–water partition coefficient (Wildman–Crippen LogP) is 3.10. The molecule has 0 aromatic heterocycles. The van der Waals surface area contributed by atoms with E-state index in [-0.39, 0.29) is 19.4 Å². The first-order valence-corrected chi connectivity index (χ1v) is 10.1. The third kappa shape index (κ3) is 7.12. The number of rotatable bonds is 8. The normalized spacial score (nSPS) is 11.2. The minimum atomic E-state index is -1.19. The second-order valence-electron chi connectivity index (χ2n) is 6.92. The Bertz CT molecular complexity index is 920. The van der Waals surface area contributed by atoms with E-state index in [9.17, 15) is 19.5 Å². The molecule has 0 saturated heterocycles. The van der Waals surface area contributed by atoms with Crippen LogP contribution in [0.15, 0.2) is 60.7 Å². The average Bonchev–Trinajstić information content (AvgIpc) is 2.80. The molecule has 170 valence electrons. The van der Waals surface area contributed by atoms with Crippen molar-refractivity contribution in [3.8, 4) is 0 Å². The number of carbonyl (C=O) groups excluding carboxylic acids is 2. The largest absolute Gasteiger partial charge is 0.480 e. The Morgan fingerprint density at radius 1 is 1.00 bits per heavy atom. The Kier molecular flexibility index (Phi) is 9.22. The number of benzene rings is 2. The summed E-state index contributed by atoms with van der Waals surface area (Å²) in [5.41, 5.74) is 1.65. The number of aliphatic carboxylic acids is 1. The Morgan fingerprint density at radius 3 is 2.09 bits per heavy atom. The van der Waals surface area contributed by atoms with Gasteiger partial charge in [0.15, 0.2) is 0 Å². The number of amides is 1. The SMILES string of the molecule is CCOC(=O)N(OC(=O)CCc1ccccc1)C(=N)N(C)C(Cc1ccccc1)C(=O)O. The summed E-state index contributed by atoms with van der Waals surface area (Å²) in [7, 11) is 1.34. The number of carboxylic acids is 1. The quantitative estimate of drug-likeness (QED) is 0.367. The van der Waals surface area contributed by atoms with Crippen molar-refractivity contribution in [1.29, 1.82) is 5.41 Å². The van der Waals surface area contributed by atoms with Crippen LogP contribution >= 0.6 is 0 Å². The van der Waals surface area contributed by atoms with E-state index in [4.69, 9.17) is 15.0 Å². The van der Waals surface area contributed by atoms with E-state index < -0.39 is 30.0 Å². The summed E-state index contributed by atoms with van der Waals surface area (Å²) in [5.74, 6) is -2.57. The van der Waals surface area contributed by atoms with Crippen molar-refractivity contribution >= 4 is 24.0 Å². The van der Waals surface area contributed by atoms with Crippen LogP contribution in [0.2, 0.25) is 0 Å². The first-order valence-electron chi connectivity index (χ1n) is 10.1. The van der Waals surface area contributed by atoms with Gasteiger partial charge in [0.05, 0.1) is 13.0 Å². The molecule has 32 heavy (non-hydrogen) atoms. The lowest BCUT2D eigenvalue weighted by Crippen LogP contribution is -2.52. The summed E-state index contributed by atoms with van der Waals surface area (Å²) in [6.45, 7) is 1.55. The minimum absolute atomic E-state index is 0.0136. The third-order valence-electron chi connectivity index (χ3n) is 4.64. The summed E-state index contributed by atoms with van der Waals surface area (Å²) in [4.78, 5) is 42.7. The van der Waals surface area contributed by atoms with Crippen LogP contribution in [0, 0.1) is 5.41 Å². The van der Waals surface area contributed by atoms with Crippen LogP contribution in [0.5, 0.6) is 0 Å². The van der Waals surface area contributed by atoms with Gasteiger partial charge in [0.2, 0.25) is 5.96 Å². The van der Waals surface area contributed by atoms with Crippen LogP contribution in [0.4, 0.5) is 4.79 Å². The Morgan fingerprint density at radius 2 is 1.56 bits per heavy atom. The van der Waals surface area contributed by atoms with Gasteiger partial charge in [0, 0.05) is 13.5 Å². The second kappa shape index (κ2) is 12.1. The van der Waals surface area contributed by atoms with Gasteiger partial charge >= 0.3 is 18.0 Å². The van der Waals surface area contributed by atoms with Crippen molar-refractivity contribution in [2.45, 2.75) is 32.2 Å². The van der Waals surface area contributed by atoms with Crippen molar-refractivity contribution in [2.75, 3.05) is 13.7 Å². The number of hydrogen-bond donors (Lipinski definition) is 2. The summed E-state index contributed by atoms with van der Waals surface area (Å²) >= 11 is 0. The molecule has 9 nitrogen and oxygen atoms in total. The van der Waals surface area contributed by atoms with Gasteiger partial charge in [-0.25, -0.2) is 14.4 Å². The predicted molar refractivity (Wildman–Crippen MR) is 117 cm³/mol. The van der Waals surface area contributed by atoms with Crippen molar-refractivity contribution in [2.24, 2.45) is 0 Å². The van der Waals surface area contributed by atoms with Crippen LogP contribution in [-0.2, 0) is 32.0 Å². The molecule has 1 amide bonds. The first kappa shape index (κ1) is 24.4. The Balaban J connectivity index is 2.12. The van der Waals surface area contributed by atoms with Crippen LogP contribution in [-0.4, -0.2) is 58.8 Å². The summed E-state index contributed by atoms with van der Waals surface area (Å²) < 4.78 is 4.89. The molecule has 0 aliphatic rings. The molecular formula is C23H27N3O6. The van der Waals surface area contributed by atoms with E-state index in [1.54, 1.807) is 31.2 Å². The number of likely N-dealkylation sites (N-methyl/N-ethyl adjacent to an activating group) is 1. The van der Waals surface area contributed by atoms with Gasteiger partial charge in [-0.2, -0.15) is 0 Å². The monoisotopic (exact) mass is 441 g/mol. The zero-order valence-electron chi connectivity index (χ0n) is 18.1. The van der Waals surface area contributed by atoms with Gasteiger partial charge in [-0.3, -0.25) is 5.41 Å². The highest BCUT2D eigenvalue weighted by Gasteiger charge is 2.33. The zero-order valence-corrected chi connectivity index (χ0v) is 18.1. The lowest BCUT2D eigenvalue weighted by molar-refractivity contribution is -0.169. The molecule has 1 atom stereocenters. The van der Waals surface area contributed by atoms with Crippen molar-refractivity contribution < 1.29 is 29.1 Å². The van der Waals surface area contributed by atoms with Gasteiger partial charge in [0.25, 0.3) is 0 Å². The molecule has 0 spiro atoms. The van der Waals surface area contributed by atoms with Gasteiger partial charge in [-0.1, -0.05) is 65.7 Å². The minimum Gasteiger partial charge on any atom is -0.480 e. The molecular weight excluding hydrogens is 414 g/mol. The fraction of sp³-hybridized carbons (Fsp3) is 0.304. The van der Waals surface area contributed by atoms with E-state index in [0.717, 1.165) is 16.0 Å². The molecule has 0 heterocycles. The molecule has 0 saturated carbocycles. The Labute approximate surface area is 186 Å². The van der Waals surface area contributed by atoms with Crippen LogP contribution < -0.4 is 0 Å². The number of nitrogens with one attached hydrogen (secondary N) is 1. The smallest absolute Gasteiger partial charge is 0.451 e. The molecule has 0 bridgehead atoms. The molecule has 2 aromatic rings. The molecule has 2 aromatic carbocycles. The van der Waals surface area contributed by atoms with E-state index in [1.165, 1.54) is 7.05 Å². The maximum Gasteiger partial charge on any atom is 0.451 e. The first-order chi connectivity index (χ1) is 15.3. The highest BCUT2D eigenvalue weighted by molar-refractivity contribution is 5.94. The number of nitrogens with zero attached hydrogens (tertiary/aromatic N) is 2. The molecule has 2 rings (SSSR count). The van der Waals surface area contributed by atoms with E-state index in [0.29, 0.717) is 11.5 Å². The topological polar surface area (TPSA) is 120 Å². The zero-order chi connectivity index (χ0) is 23.5. The molecule has 9 heteroatoms. The summed E-state index contributed by atoms with van der Waals surface area (Å²) in [6, 6.07) is 17.0. The molecule has 0 radical (unpaired) electrons. The number of aryl methyl sites for hydroxylation is 1. The Hall–Kier alpha value is -3.88. The summed E-state index contributed by atoms with van der Waals surface area (Å²) in [6.07, 6.45) is -0.663. The number of carboxylic acid groups (broad SMARTS) is 1. The van der Waals surface area contributed by atoms with Gasteiger partial charge < -0.3 is 19.6 Å². The van der Waals surface area contributed by atoms with Gasteiger partial charge in [-0.15, -0.1) is 0 Å². The number of ether oxygens (including phenoxy) is 1. The van der Waals surface area contributed by atoms with Crippen LogP contribution in [0.25, 0.3) is 0 Å². The standard InChI is InChI=1S/C23H27N3O6/c1-3-31-23(30)26(32-20(27)15-14-17-10-6-4-7-11-17)22(24)25(2)19(21(28)29)16-18-12-8-5-9-13-18/h4-13,19,24H,3,14-16H2,1-2H3,(H,28,29). The average molecular weight is 441 g/mol.